The van der Waals surface area contributed by atoms with Crippen molar-refractivity contribution < 1.29 is 14.7 Å². The van der Waals surface area contributed by atoms with Gasteiger partial charge >= 0.3 is 12.0 Å². The lowest BCUT2D eigenvalue weighted by atomic mass is 9.87. The van der Waals surface area contributed by atoms with Gasteiger partial charge in [0.1, 0.15) is 6.04 Å². The molecule has 0 aromatic heterocycles. The van der Waals surface area contributed by atoms with Gasteiger partial charge in [0.2, 0.25) is 0 Å². The van der Waals surface area contributed by atoms with Crippen LogP contribution in [0.5, 0.6) is 0 Å². The fraction of sp³-hybridized carbons (Fsp3) is 0.875. The van der Waals surface area contributed by atoms with E-state index in [-0.39, 0.29) is 11.4 Å². The summed E-state index contributed by atoms with van der Waals surface area (Å²) >= 11 is 0. The molecule has 0 radical (unpaired) electrons. The molecule has 5 nitrogen and oxygen atoms in total. The Bertz CT molecular complexity index is 317. The molecule has 0 saturated heterocycles. The quantitative estimate of drug-likeness (QED) is 0.511. The molecule has 1 atom stereocenters. The van der Waals surface area contributed by atoms with E-state index in [1.54, 1.807) is 0 Å². The maximum Gasteiger partial charge on any atom is 0.326 e. The molecule has 0 aliphatic rings. The maximum atomic E-state index is 11.8. The van der Waals surface area contributed by atoms with Gasteiger partial charge in [-0.2, -0.15) is 0 Å². The number of carboxylic acids is 1. The van der Waals surface area contributed by atoms with Crippen LogP contribution in [0, 0.1) is 5.41 Å². The monoisotopic (exact) mass is 300 g/mol. The van der Waals surface area contributed by atoms with Crippen molar-refractivity contribution in [2.45, 2.75) is 78.7 Å². The average molecular weight is 300 g/mol. The summed E-state index contributed by atoms with van der Waals surface area (Å²) in [6.07, 6.45) is 6.77. The van der Waals surface area contributed by atoms with Crippen LogP contribution >= 0.6 is 0 Å². The smallest absolute Gasteiger partial charge is 0.326 e. The first-order chi connectivity index (χ1) is 9.82. The second-order valence-electron chi connectivity index (χ2n) is 6.48. The van der Waals surface area contributed by atoms with Gasteiger partial charge in [-0.1, -0.05) is 59.8 Å². The summed E-state index contributed by atoms with van der Waals surface area (Å²) in [7, 11) is 0. The number of carboxylic acid groups (broad SMARTS) is 1. The molecular formula is C16H32N2O3. The number of hydrogen-bond donors (Lipinski definition) is 3. The highest BCUT2D eigenvalue weighted by molar-refractivity contribution is 5.82. The Morgan fingerprint density at radius 2 is 1.71 bits per heavy atom. The van der Waals surface area contributed by atoms with Gasteiger partial charge in [0.25, 0.3) is 0 Å². The van der Waals surface area contributed by atoms with E-state index in [4.69, 9.17) is 5.11 Å². The molecule has 0 aliphatic heterocycles. The number of rotatable bonds is 11. The molecule has 5 heteroatoms. The lowest BCUT2D eigenvalue weighted by Gasteiger charge is -2.25. The number of amides is 2. The van der Waals surface area contributed by atoms with E-state index in [1.807, 2.05) is 6.92 Å². The van der Waals surface area contributed by atoms with Gasteiger partial charge in [-0.05, 0) is 18.3 Å². The van der Waals surface area contributed by atoms with E-state index < -0.39 is 12.0 Å². The molecule has 0 unspecified atom stereocenters. The zero-order valence-electron chi connectivity index (χ0n) is 14.0. The number of nitrogens with one attached hydrogen (secondary N) is 2. The average Bonchev–Trinajstić information content (AvgIpc) is 2.41. The maximum absolute atomic E-state index is 11.8. The highest BCUT2D eigenvalue weighted by atomic mass is 16.4. The minimum Gasteiger partial charge on any atom is -0.480 e. The molecule has 0 aromatic rings. The zero-order valence-corrected chi connectivity index (χ0v) is 14.0. The van der Waals surface area contributed by atoms with Gasteiger partial charge in [0.05, 0.1) is 0 Å². The third-order valence-electron chi connectivity index (χ3n) is 3.63. The highest BCUT2D eigenvalue weighted by Gasteiger charge is 2.22. The summed E-state index contributed by atoms with van der Waals surface area (Å²) in [6, 6.07) is -1.18. The lowest BCUT2D eigenvalue weighted by molar-refractivity contribution is -0.139. The number of carbonyl (C=O) groups is 2. The van der Waals surface area contributed by atoms with Gasteiger partial charge < -0.3 is 15.7 Å². The van der Waals surface area contributed by atoms with Crippen LogP contribution in [0.15, 0.2) is 0 Å². The van der Waals surface area contributed by atoms with Gasteiger partial charge in [-0.25, -0.2) is 9.59 Å². The third kappa shape index (κ3) is 10.2. The fourth-order valence-electron chi connectivity index (χ4n) is 2.14. The van der Waals surface area contributed by atoms with Crippen molar-refractivity contribution in [1.29, 1.82) is 0 Å². The van der Waals surface area contributed by atoms with Crippen LogP contribution in [0.1, 0.15) is 72.6 Å². The molecule has 0 fully saturated rings. The summed E-state index contributed by atoms with van der Waals surface area (Å²) in [5, 5.41) is 14.4. The second kappa shape index (κ2) is 10.5. The van der Waals surface area contributed by atoms with Gasteiger partial charge in [-0.15, -0.1) is 0 Å². The van der Waals surface area contributed by atoms with Crippen LogP contribution in [-0.2, 0) is 4.79 Å². The largest absolute Gasteiger partial charge is 0.480 e. The second-order valence-corrected chi connectivity index (χ2v) is 6.48. The summed E-state index contributed by atoms with van der Waals surface area (Å²) in [6.45, 7) is 8.96. The van der Waals surface area contributed by atoms with Crippen LogP contribution in [0.2, 0.25) is 0 Å². The lowest BCUT2D eigenvalue weighted by Crippen LogP contribution is -2.48. The van der Waals surface area contributed by atoms with Crippen molar-refractivity contribution in [2.24, 2.45) is 5.41 Å². The summed E-state index contributed by atoms with van der Waals surface area (Å²) < 4.78 is 0. The van der Waals surface area contributed by atoms with Gasteiger partial charge in [-0.3, -0.25) is 0 Å². The van der Waals surface area contributed by atoms with E-state index in [1.165, 1.54) is 12.8 Å². The molecule has 0 saturated carbocycles. The van der Waals surface area contributed by atoms with Crippen LogP contribution in [0.25, 0.3) is 0 Å². The number of unbranched alkanes of at least 4 members (excludes halogenated alkanes) is 3. The molecule has 3 N–H and O–H groups in total. The van der Waals surface area contributed by atoms with Crippen LogP contribution in [0.4, 0.5) is 4.79 Å². The van der Waals surface area contributed by atoms with Crippen molar-refractivity contribution in [3.05, 3.63) is 0 Å². The molecule has 21 heavy (non-hydrogen) atoms. The predicted molar refractivity (Wildman–Crippen MR) is 85.4 cm³/mol. The molecule has 2 amide bonds. The van der Waals surface area contributed by atoms with Crippen molar-refractivity contribution in [3.63, 3.8) is 0 Å². The molecule has 0 aliphatic carbocycles. The third-order valence-corrected chi connectivity index (χ3v) is 3.63. The topological polar surface area (TPSA) is 78.4 Å². The van der Waals surface area contributed by atoms with Gasteiger partial charge in [0, 0.05) is 6.54 Å². The molecule has 0 heterocycles. The predicted octanol–water partition coefficient (Wildman–Crippen LogP) is 3.54. The first-order valence-electron chi connectivity index (χ1n) is 8.09. The Morgan fingerprint density at radius 1 is 1.10 bits per heavy atom. The minimum atomic E-state index is -0.971. The molecule has 124 valence electrons. The number of urea groups is 1. The van der Waals surface area contributed by atoms with Gasteiger partial charge in [0.15, 0.2) is 0 Å². The number of hydrogen-bond acceptors (Lipinski definition) is 2. The normalized spacial score (nSPS) is 12.8. The summed E-state index contributed by atoms with van der Waals surface area (Å²) in [5.74, 6) is -0.971. The van der Waals surface area contributed by atoms with Crippen LogP contribution < -0.4 is 10.6 Å². The Balaban J connectivity index is 4.13. The molecular weight excluding hydrogens is 268 g/mol. The Kier molecular flexibility index (Phi) is 9.84. The van der Waals surface area contributed by atoms with Crippen LogP contribution in [-0.4, -0.2) is 29.7 Å². The number of carbonyl (C=O) groups excluding carboxylic acids is 1. The highest BCUT2D eigenvalue weighted by Crippen LogP contribution is 2.22. The van der Waals surface area contributed by atoms with Crippen molar-refractivity contribution in [2.75, 3.05) is 6.54 Å². The number of aliphatic carboxylic acids is 1. The van der Waals surface area contributed by atoms with Crippen LogP contribution in [0.3, 0.4) is 0 Å². The first-order valence-corrected chi connectivity index (χ1v) is 8.09. The van der Waals surface area contributed by atoms with E-state index in [2.05, 4.69) is 31.4 Å². The SMILES string of the molecule is CCCCCC(C)(C)CNC(=O)N[C@@H](CCCC)C(=O)O. The van der Waals surface area contributed by atoms with E-state index in [9.17, 15) is 9.59 Å². The van der Waals surface area contributed by atoms with E-state index >= 15 is 0 Å². The summed E-state index contributed by atoms with van der Waals surface area (Å²) in [5.41, 5.74) is 0.0364. The Labute approximate surface area is 128 Å². The van der Waals surface area contributed by atoms with E-state index in [0.29, 0.717) is 13.0 Å². The van der Waals surface area contributed by atoms with Crippen molar-refractivity contribution >= 4 is 12.0 Å². The summed E-state index contributed by atoms with van der Waals surface area (Å²) in [4.78, 5) is 22.9. The van der Waals surface area contributed by atoms with E-state index in [0.717, 1.165) is 25.7 Å². The molecule has 0 bridgehead atoms. The molecule has 0 rings (SSSR count). The molecule has 0 aromatic carbocycles. The Morgan fingerprint density at radius 3 is 2.24 bits per heavy atom. The minimum absolute atomic E-state index is 0.0364. The standard InChI is InChI=1S/C16H32N2O3/c1-5-7-9-11-16(3,4)12-17-15(21)18-13(14(19)20)10-8-6-2/h13H,5-12H2,1-4H3,(H,19,20)(H2,17,18,21)/t13-/m0/s1. The van der Waals surface area contributed by atoms with Crippen molar-refractivity contribution in [3.8, 4) is 0 Å². The van der Waals surface area contributed by atoms with Crippen molar-refractivity contribution in [1.82, 2.24) is 10.6 Å². The zero-order chi connectivity index (χ0) is 16.3. The first kappa shape index (κ1) is 19.7. The molecule has 0 spiro atoms. The Hall–Kier alpha value is -1.26. The fourth-order valence-corrected chi connectivity index (χ4v) is 2.14.